The van der Waals surface area contributed by atoms with E-state index >= 15 is 0 Å². The number of methoxy groups -OCH3 is 1. The van der Waals surface area contributed by atoms with Gasteiger partial charge in [0.1, 0.15) is 11.8 Å². The van der Waals surface area contributed by atoms with Crippen molar-refractivity contribution in [3.05, 3.63) is 42.0 Å². The molecule has 6 nitrogen and oxygen atoms in total. The summed E-state index contributed by atoms with van der Waals surface area (Å²) in [7, 11) is 1.57. The van der Waals surface area contributed by atoms with Crippen LogP contribution in [0.5, 0.6) is 5.75 Å². The van der Waals surface area contributed by atoms with Gasteiger partial charge in [-0.15, -0.1) is 0 Å². The lowest BCUT2D eigenvalue weighted by molar-refractivity contribution is -0.153. The number of nitriles is 1. The van der Waals surface area contributed by atoms with Gasteiger partial charge in [0.15, 0.2) is 5.60 Å². The molecule has 0 aliphatic carbocycles. The predicted octanol–water partition coefficient (Wildman–Crippen LogP) is 1.43. The first-order chi connectivity index (χ1) is 10.9. The topological polar surface area (TPSA) is 88.4 Å². The lowest BCUT2D eigenvalue weighted by atomic mass is 9.82. The van der Waals surface area contributed by atoms with E-state index in [9.17, 15) is 14.9 Å². The Balaban J connectivity index is 2.04. The van der Waals surface area contributed by atoms with Crippen LogP contribution >= 0.6 is 0 Å². The Hall–Kier alpha value is -2.65. The summed E-state index contributed by atoms with van der Waals surface area (Å²) in [5, 5.41) is 12.2. The molecular formula is C17H16N2O4. The zero-order valence-corrected chi connectivity index (χ0v) is 12.8. The molecule has 0 radical (unpaired) electrons. The summed E-state index contributed by atoms with van der Waals surface area (Å²) in [6.45, 7) is 1.32. The van der Waals surface area contributed by atoms with Crippen molar-refractivity contribution in [3.63, 3.8) is 0 Å². The second kappa shape index (κ2) is 5.21. The number of fused-ring (bicyclic) bond motifs is 2. The monoisotopic (exact) mass is 312 g/mol. The van der Waals surface area contributed by atoms with Gasteiger partial charge in [-0.05, 0) is 29.8 Å². The van der Waals surface area contributed by atoms with Crippen LogP contribution in [0.2, 0.25) is 0 Å². The third-order valence-corrected chi connectivity index (χ3v) is 4.30. The van der Waals surface area contributed by atoms with E-state index in [1.807, 2.05) is 12.1 Å². The molecule has 1 fully saturated rings. The van der Waals surface area contributed by atoms with E-state index in [1.54, 1.807) is 19.2 Å². The van der Waals surface area contributed by atoms with Gasteiger partial charge in [0.2, 0.25) is 17.4 Å². The highest BCUT2D eigenvalue weighted by atomic mass is 16.6. The van der Waals surface area contributed by atoms with Gasteiger partial charge in [-0.25, -0.2) is 0 Å². The minimum absolute atomic E-state index is 0.207. The molecule has 0 spiro atoms. The van der Waals surface area contributed by atoms with Gasteiger partial charge >= 0.3 is 0 Å². The van der Waals surface area contributed by atoms with Gasteiger partial charge in [-0.3, -0.25) is 9.59 Å². The Morgan fingerprint density at radius 2 is 2.13 bits per heavy atom. The maximum atomic E-state index is 12.3. The second-order valence-corrected chi connectivity index (χ2v) is 5.74. The summed E-state index contributed by atoms with van der Waals surface area (Å²) in [5.41, 5.74) is -1.90. The van der Waals surface area contributed by atoms with Gasteiger partial charge in [0.25, 0.3) is 0 Å². The van der Waals surface area contributed by atoms with E-state index < -0.39 is 11.3 Å². The number of carbonyl (C=O) groups is 2. The SMILES string of the molecule is COc1ccc([C@@H]2C[C@@]3(NC(C)=O)O[C@]2(C#N)C=CC3=O)cc1. The van der Waals surface area contributed by atoms with E-state index in [0.717, 1.165) is 5.56 Å². The van der Waals surface area contributed by atoms with Gasteiger partial charge < -0.3 is 14.8 Å². The van der Waals surface area contributed by atoms with E-state index in [2.05, 4.69) is 11.4 Å². The van der Waals surface area contributed by atoms with Crippen molar-refractivity contribution in [1.29, 1.82) is 5.26 Å². The molecule has 3 atom stereocenters. The zero-order chi connectivity index (χ0) is 16.7. The fourth-order valence-corrected chi connectivity index (χ4v) is 3.24. The second-order valence-electron chi connectivity index (χ2n) is 5.74. The van der Waals surface area contributed by atoms with Crippen LogP contribution in [0.3, 0.4) is 0 Å². The highest BCUT2D eigenvalue weighted by Crippen LogP contribution is 2.50. The Bertz CT molecular complexity index is 734. The van der Waals surface area contributed by atoms with Crippen molar-refractivity contribution in [2.24, 2.45) is 0 Å². The van der Waals surface area contributed by atoms with Crippen molar-refractivity contribution in [2.75, 3.05) is 7.11 Å². The molecule has 1 saturated heterocycles. The minimum atomic E-state index is -1.47. The van der Waals surface area contributed by atoms with Crippen molar-refractivity contribution < 1.29 is 19.1 Å². The van der Waals surface area contributed by atoms with Crippen LogP contribution in [0.4, 0.5) is 0 Å². The van der Waals surface area contributed by atoms with Gasteiger partial charge in [0, 0.05) is 19.3 Å². The molecule has 2 bridgehead atoms. The summed E-state index contributed by atoms with van der Waals surface area (Å²) in [4.78, 5) is 23.8. The van der Waals surface area contributed by atoms with E-state index in [1.165, 1.54) is 19.1 Å². The Morgan fingerprint density at radius 3 is 2.70 bits per heavy atom. The molecule has 0 unspecified atom stereocenters. The minimum Gasteiger partial charge on any atom is -0.497 e. The predicted molar refractivity (Wildman–Crippen MR) is 80.5 cm³/mol. The standard InChI is InChI=1S/C17H16N2O4/c1-11(20)19-17-9-14(12-3-5-13(22-2)6-4-12)16(10-18,23-17)8-7-15(17)21/h3-8,14H,9H2,1-2H3,(H,19,20)/t14-,16-,17+/m0/s1. The highest BCUT2D eigenvalue weighted by molar-refractivity contribution is 6.01. The van der Waals surface area contributed by atoms with E-state index in [4.69, 9.17) is 9.47 Å². The smallest absolute Gasteiger partial charge is 0.219 e. The molecule has 23 heavy (non-hydrogen) atoms. The molecular weight excluding hydrogens is 296 g/mol. The van der Waals surface area contributed by atoms with Gasteiger partial charge in [-0.1, -0.05) is 12.1 Å². The maximum absolute atomic E-state index is 12.3. The highest BCUT2D eigenvalue weighted by Gasteiger charge is 2.61. The van der Waals surface area contributed by atoms with E-state index in [0.29, 0.717) is 5.75 Å². The molecule has 1 N–H and O–H groups in total. The van der Waals surface area contributed by atoms with Crippen molar-refractivity contribution in [2.45, 2.75) is 30.6 Å². The summed E-state index contributed by atoms with van der Waals surface area (Å²) >= 11 is 0. The molecule has 3 rings (SSSR count). The van der Waals surface area contributed by atoms with Crippen LogP contribution in [0.1, 0.15) is 24.8 Å². The van der Waals surface area contributed by atoms with Crippen LogP contribution in [0, 0.1) is 11.3 Å². The van der Waals surface area contributed by atoms with Crippen molar-refractivity contribution in [3.8, 4) is 11.8 Å². The average Bonchev–Trinajstić information content (AvgIpc) is 2.82. The first-order valence-electron chi connectivity index (χ1n) is 7.22. The maximum Gasteiger partial charge on any atom is 0.219 e. The third-order valence-electron chi connectivity index (χ3n) is 4.30. The number of ketones is 1. The molecule has 2 aliphatic rings. The van der Waals surface area contributed by atoms with Crippen LogP contribution in [0.15, 0.2) is 36.4 Å². The number of carbonyl (C=O) groups excluding carboxylic acids is 2. The molecule has 6 heteroatoms. The number of nitrogens with zero attached hydrogens (tertiary/aromatic N) is 1. The molecule has 2 heterocycles. The first-order valence-corrected chi connectivity index (χ1v) is 7.22. The summed E-state index contributed by atoms with van der Waals surface area (Å²) < 4.78 is 10.9. The Labute approximate surface area is 133 Å². The molecule has 0 saturated carbocycles. The molecule has 1 aromatic carbocycles. The number of hydrogen-bond donors (Lipinski definition) is 1. The molecule has 1 amide bonds. The summed E-state index contributed by atoms with van der Waals surface area (Å²) in [6.07, 6.45) is 3.02. The fourth-order valence-electron chi connectivity index (χ4n) is 3.24. The Kier molecular flexibility index (Phi) is 3.46. The number of nitrogens with one attached hydrogen (secondary N) is 1. The first kappa shape index (κ1) is 15.3. The lowest BCUT2D eigenvalue weighted by Crippen LogP contribution is -2.56. The number of amides is 1. The fraction of sp³-hybridized carbons (Fsp3) is 0.353. The Morgan fingerprint density at radius 1 is 1.43 bits per heavy atom. The average molecular weight is 312 g/mol. The normalized spacial score (nSPS) is 31.5. The van der Waals surface area contributed by atoms with Gasteiger partial charge in [-0.2, -0.15) is 5.26 Å². The summed E-state index contributed by atoms with van der Waals surface area (Å²) in [6, 6.07) is 9.42. The zero-order valence-electron chi connectivity index (χ0n) is 12.8. The van der Waals surface area contributed by atoms with E-state index in [-0.39, 0.29) is 24.0 Å². The quantitative estimate of drug-likeness (QED) is 0.912. The molecule has 118 valence electrons. The van der Waals surface area contributed by atoms with Crippen LogP contribution < -0.4 is 10.1 Å². The van der Waals surface area contributed by atoms with Crippen LogP contribution in [-0.2, 0) is 14.3 Å². The van der Waals surface area contributed by atoms with Crippen molar-refractivity contribution in [1.82, 2.24) is 5.32 Å². The number of hydrogen-bond acceptors (Lipinski definition) is 5. The molecule has 2 aliphatic heterocycles. The van der Waals surface area contributed by atoms with Crippen molar-refractivity contribution >= 4 is 11.7 Å². The molecule has 1 aromatic rings. The number of ether oxygens (including phenoxy) is 2. The number of benzene rings is 1. The largest absolute Gasteiger partial charge is 0.497 e. The van der Waals surface area contributed by atoms with Crippen LogP contribution in [-0.4, -0.2) is 30.1 Å². The summed E-state index contributed by atoms with van der Waals surface area (Å²) in [5.74, 6) is -0.400. The lowest BCUT2D eigenvalue weighted by Gasteiger charge is -2.32. The molecule has 0 aromatic heterocycles. The number of rotatable bonds is 3. The third kappa shape index (κ3) is 2.30. The van der Waals surface area contributed by atoms with Gasteiger partial charge in [0.05, 0.1) is 7.11 Å². The van der Waals surface area contributed by atoms with Crippen LogP contribution in [0.25, 0.3) is 0 Å².